The lowest BCUT2D eigenvalue weighted by Gasteiger charge is -2.14. The number of aryl methyl sites for hydroxylation is 1. The number of alkyl carbamates (subject to hydrolysis) is 1. The van der Waals surface area contributed by atoms with E-state index in [9.17, 15) is 9.90 Å². The maximum absolute atomic E-state index is 12.1. The van der Waals surface area contributed by atoms with Crippen LogP contribution in [0, 0.1) is 6.92 Å². The Morgan fingerprint density at radius 2 is 1.69 bits per heavy atom. The number of carbonyl (C=O) groups excluding carboxylic acids is 1. The van der Waals surface area contributed by atoms with E-state index in [1.165, 1.54) is 22.3 Å². The van der Waals surface area contributed by atoms with Crippen LogP contribution in [0.2, 0.25) is 0 Å². The molecule has 1 amide bonds. The van der Waals surface area contributed by atoms with Crippen LogP contribution in [0.25, 0.3) is 17.2 Å². The minimum atomic E-state index is -0.432. The summed E-state index contributed by atoms with van der Waals surface area (Å²) < 4.78 is 5.51. The van der Waals surface area contributed by atoms with Gasteiger partial charge in [0.2, 0.25) is 0 Å². The molecule has 3 aromatic carbocycles. The summed E-state index contributed by atoms with van der Waals surface area (Å²) in [6.45, 7) is 2.53. The van der Waals surface area contributed by atoms with Crippen LogP contribution in [0.15, 0.2) is 72.8 Å². The van der Waals surface area contributed by atoms with E-state index in [0.29, 0.717) is 13.2 Å². The topological polar surface area (TPSA) is 58.6 Å². The van der Waals surface area contributed by atoms with Crippen molar-refractivity contribution >= 4 is 12.2 Å². The SMILES string of the molecule is Cc1cc(C=CCNC(=O)OCC2c3ccccc3-c3ccccc32)ccc1O. The van der Waals surface area contributed by atoms with E-state index in [1.807, 2.05) is 55.5 Å². The molecule has 4 nitrogen and oxygen atoms in total. The average molecular weight is 385 g/mol. The van der Waals surface area contributed by atoms with Gasteiger partial charge in [-0.05, 0) is 52.4 Å². The highest BCUT2D eigenvalue weighted by Gasteiger charge is 2.28. The molecule has 0 aliphatic heterocycles. The van der Waals surface area contributed by atoms with Gasteiger partial charge in [-0.1, -0.05) is 66.7 Å². The molecule has 4 rings (SSSR count). The molecule has 0 saturated carbocycles. The van der Waals surface area contributed by atoms with Gasteiger partial charge in [-0.3, -0.25) is 0 Å². The van der Waals surface area contributed by atoms with Gasteiger partial charge in [0, 0.05) is 12.5 Å². The summed E-state index contributed by atoms with van der Waals surface area (Å²) in [6, 6.07) is 21.9. The van der Waals surface area contributed by atoms with Gasteiger partial charge in [0.05, 0.1) is 0 Å². The summed E-state index contributed by atoms with van der Waals surface area (Å²) in [5, 5.41) is 12.3. The van der Waals surface area contributed by atoms with Crippen LogP contribution in [0.4, 0.5) is 4.79 Å². The predicted octanol–water partition coefficient (Wildman–Crippen LogP) is 5.25. The maximum Gasteiger partial charge on any atom is 0.407 e. The molecule has 2 N–H and O–H groups in total. The van der Waals surface area contributed by atoms with Crippen molar-refractivity contribution < 1.29 is 14.6 Å². The largest absolute Gasteiger partial charge is 0.508 e. The highest BCUT2D eigenvalue weighted by molar-refractivity contribution is 5.79. The number of phenolic OH excluding ortho intramolecular Hbond substituents is 1. The first-order valence-corrected chi connectivity index (χ1v) is 9.68. The van der Waals surface area contributed by atoms with Gasteiger partial charge in [0.1, 0.15) is 12.4 Å². The minimum absolute atomic E-state index is 0.0589. The zero-order valence-corrected chi connectivity index (χ0v) is 16.3. The summed E-state index contributed by atoms with van der Waals surface area (Å²) in [7, 11) is 0. The lowest BCUT2D eigenvalue weighted by molar-refractivity contribution is 0.144. The highest BCUT2D eigenvalue weighted by Crippen LogP contribution is 2.44. The molecule has 0 saturated heterocycles. The zero-order valence-electron chi connectivity index (χ0n) is 16.3. The van der Waals surface area contributed by atoms with Gasteiger partial charge in [-0.25, -0.2) is 4.79 Å². The van der Waals surface area contributed by atoms with Crippen molar-refractivity contribution in [2.45, 2.75) is 12.8 Å². The second kappa shape index (κ2) is 8.23. The smallest absolute Gasteiger partial charge is 0.407 e. The number of aromatic hydroxyl groups is 1. The third kappa shape index (κ3) is 4.02. The lowest BCUT2D eigenvalue weighted by Crippen LogP contribution is -2.26. The number of phenols is 1. The molecule has 0 atom stereocenters. The molecular formula is C25H23NO3. The monoisotopic (exact) mass is 385 g/mol. The molecule has 0 radical (unpaired) electrons. The van der Waals surface area contributed by atoms with Gasteiger partial charge in [-0.2, -0.15) is 0 Å². The van der Waals surface area contributed by atoms with E-state index in [2.05, 4.69) is 29.6 Å². The fraction of sp³-hybridized carbons (Fsp3) is 0.160. The van der Waals surface area contributed by atoms with Crippen LogP contribution in [0.5, 0.6) is 5.75 Å². The lowest BCUT2D eigenvalue weighted by atomic mass is 9.98. The number of hydrogen-bond acceptors (Lipinski definition) is 3. The van der Waals surface area contributed by atoms with E-state index >= 15 is 0 Å². The van der Waals surface area contributed by atoms with Crippen molar-refractivity contribution in [2.24, 2.45) is 0 Å². The van der Waals surface area contributed by atoms with Crippen LogP contribution >= 0.6 is 0 Å². The molecular weight excluding hydrogens is 362 g/mol. The molecule has 1 aliphatic carbocycles. The Morgan fingerprint density at radius 1 is 1.03 bits per heavy atom. The molecule has 1 aliphatic rings. The predicted molar refractivity (Wildman–Crippen MR) is 115 cm³/mol. The molecule has 0 bridgehead atoms. The first-order valence-electron chi connectivity index (χ1n) is 9.68. The molecule has 0 heterocycles. The first kappa shape index (κ1) is 18.8. The van der Waals surface area contributed by atoms with E-state index in [-0.39, 0.29) is 11.7 Å². The fourth-order valence-corrected chi connectivity index (χ4v) is 3.77. The third-order valence-corrected chi connectivity index (χ3v) is 5.24. The van der Waals surface area contributed by atoms with Crippen molar-refractivity contribution in [2.75, 3.05) is 13.2 Å². The van der Waals surface area contributed by atoms with Crippen LogP contribution < -0.4 is 5.32 Å². The Kier molecular flexibility index (Phi) is 5.34. The van der Waals surface area contributed by atoms with Crippen LogP contribution in [0.1, 0.15) is 28.2 Å². The summed E-state index contributed by atoms with van der Waals surface area (Å²) in [4.78, 5) is 12.1. The van der Waals surface area contributed by atoms with Crippen LogP contribution in [-0.4, -0.2) is 24.4 Å². The number of nitrogens with one attached hydrogen (secondary N) is 1. The molecule has 3 aromatic rings. The number of carbonyl (C=O) groups is 1. The normalized spacial score (nSPS) is 12.6. The summed E-state index contributed by atoms with van der Waals surface area (Å²) in [5.74, 6) is 0.336. The van der Waals surface area contributed by atoms with Gasteiger partial charge < -0.3 is 15.2 Å². The Hall–Kier alpha value is -3.53. The summed E-state index contributed by atoms with van der Waals surface area (Å²) in [5.41, 5.74) is 6.60. The van der Waals surface area contributed by atoms with E-state index in [1.54, 1.807) is 6.07 Å². The third-order valence-electron chi connectivity index (χ3n) is 5.24. The van der Waals surface area contributed by atoms with Crippen molar-refractivity contribution in [1.29, 1.82) is 0 Å². The Morgan fingerprint density at radius 3 is 2.34 bits per heavy atom. The number of hydrogen-bond donors (Lipinski definition) is 2. The van der Waals surface area contributed by atoms with Crippen molar-refractivity contribution in [3.63, 3.8) is 0 Å². The maximum atomic E-state index is 12.1. The summed E-state index contributed by atoms with van der Waals surface area (Å²) in [6.07, 6.45) is 3.32. The number of rotatable bonds is 5. The Bertz CT molecular complexity index is 1030. The Labute approximate surface area is 170 Å². The minimum Gasteiger partial charge on any atom is -0.508 e. The van der Waals surface area contributed by atoms with Gasteiger partial charge in [0.25, 0.3) is 0 Å². The molecule has 4 heteroatoms. The van der Waals surface area contributed by atoms with Crippen LogP contribution in [0.3, 0.4) is 0 Å². The second-order valence-corrected chi connectivity index (χ2v) is 7.15. The number of ether oxygens (including phenoxy) is 1. The van der Waals surface area contributed by atoms with Crippen molar-refractivity contribution in [1.82, 2.24) is 5.32 Å². The van der Waals surface area contributed by atoms with E-state index < -0.39 is 6.09 Å². The van der Waals surface area contributed by atoms with Crippen molar-refractivity contribution in [3.8, 4) is 16.9 Å². The molecule has 0 spiro atoms. The highest BCUT2D eigenvalue weighted by atomic mass is 16.5. The van der Waals surface area contributed by atoms with E-state index in [4.69, 9.17) is 4.74 Å². The molecule has 29 heavy (non-hydrogen) atoms. The van der Waals surface area contributed by atoms with Crippen LogP contribution in [-0.2, 0) is 4.74 Å². The molecule has 146 valence electrons. The summed E-state index contributed by atoms with van der Waals surface area (Å²) >= 11 is 0. The molecule has 0 aromatic heterocycles. The number of amides is 1. The van der Waals surface area contributed by atoms with E-state index in [0.717, 1.165) is 11.1 Å². The number of benzene rings is 3. The standard InChI is InChI=1S/C25H23NO3/c1-17-15-18(12-13-24(17)27)7-6-14-26-25(28)29-16-23-21-10-4-2-8-19(21)20-9-3-5-11-22(20)23/h2-13,15,23,27H,14,16H2,1H3,(H,26,28). The van der Waals surface area contributed by atoms with Crippen molar-refractivity contribution in [3.05, 3.63) is 95.1 Å². The second-order valence-electron chi connectivity index (χ2n) is 7.15. The van der Waals surface area contributed by atoms with Gasteiger partial charge >= 0.3 is 6.09 Å². The van der Waals surface area contributed by atoms with Gasteiger partial charge in [-0.15, -0.1) is 0 Å². The zero-order chi connectivity index (χ0) is 20.2. The number of fused-ring (bicyclic) bond motifs is 3. The van der Waals surface area contributed by atoms with Gasteiger partial charge in [0.15, 0.2) is 0 Å². The molecule has 0 fully saturated rings. The quantitative estimate of drug-likeness (QED) is 0.630. The molecule has 0 unspecified atom stereocenters. The Balaban J connectivity index is 1.33. The average Bonchev–Trinajstić information content (AvgIpc) is 3.06. The fourth-order valence-electron chi connectivity index (χ4n) is 3.77. The first-order chi connectivity index (χ1) is 14.1.